The lowest BCUT2D eigenvalue weighted by molar-refractivity contribution is -0.137. The highest BCUT2D eigenvalue weighted by atomic mass is 19.4. The molecule has 0 unspecified atom stereocenters. The minimum atomic E-state index is -4.59. The van der Waals surface area contributed by atoms with Gasteiger partial charge >= 0.3 is 6.18 Å². The Bertz CT molecular complexity index is 893. The molecular formula is C22H23F3N2O3. The molecule has 0 spiro atoms. The van der Waals surface area contributed by atoms with Crippen molar-refractivity contribution in [3.63, 3.8) is 0 Å². The fraction of sp³-hybridized carbons (Fsp3) is 0.273. The number of hydrogen-bond acceptors (Lipinski definition) is 3. The van der Waals surface area contributed by atoms with Crippen molar-refractivity contribution in [1.82, 2.24) is 4.90 Å². The Morgan fingerprint density at radius 3 is 2.33 bits per heavy atom. The van der Waals surface area contributed by atoms with E-state index in [9.17, 15) is 22.8 Å². The summed E-state index contributed by atoms with van der Waals surface area (Å²) in [6.07, 6.45) is -1.68. The third-order valence-corrected chi connectivity index (χ3v) is 4.14. The van der Waals surface area contributed by atoms with Crippen LogP contribution in [0, 0.1) is 0 Å². The summed E-state index contributed by atoms with van der Waals surface area (Å²) >= 11 is 0. The van der Waals surface area contributed by atoms with E-state index < -0.39 is 23.6 Å². The van der Waals surface area contributed by atoms with Gasteiger partial charge in [0.05, 0.1) is 17.9 Å². The summed E-state index contributed by atoms with van der Waals surface area (Å²) in [6, 6.07) is 11.8. The number of ether oxygens (including phenoxy) is 1. The van der Waals surface area contributed by atoms with Crippen molar-refractivity contribution in [3.05, 3.63) is 65.7 Å². The molecule has 2 aromatic rings. The Balaban J connectivity index is 2.00. The van der Waals surface area contributed by atoms with Gasteiger partial charge in [-0.2, -0.15) is 13.2 Å². The van der Waals surface area contributed by atoms with E-state index in [4.69, 9.17) is 4.74 Å². The molecule has 0 aromatic heterocycles. The molecule has 2 amide bonds. The second kappa shape index (κ2) is 10.5. The third-order valence-electron chi connectivity index (χ3n) is 4.14. The Morgan fingerprint density at radius 2 is 1.73 bits per heavy atom. The average Bonchev–Trinajstić information content (AvgIpc) is 2.71. The predicted molar refractivity (Wildman–Crippen MR) is 109 cm³/mol. The maximum Gasteiger partial charge on any atom is 0.418 e. The number of alkyl halides is 3. The number of para-hydroxylation sites is 1. The second-order valence-electron chi connectivity index (χ2n) is 6.28. The lowest BCUT2D eigenvalue weighted by Crippen LogP contribution is -2.37. The van der Waals surface area contributed by atoms with Gasteiger partial charge in [0.25, 0.3) is 0 Å². The Hall–Kier alpha value is -3.29. The van der Waals surface area contributed by atoms with E-state index in [1.54, 1.807) is 37.3 Å². The van der Waals surface area contributed by atoms with Gasteiger partial charge in [-0.25, -0.2) is 0 Å². The maximum absolute atomic E-state index is 13.1. The standard InChI is InChI=1S/C22H23F3N2O3/c1-3-27(21(29)14-11-16-9-12-17(13-10-16)30-4-2)15-20(28)26-19-8-6-5-7-18(19)22(23,24)25/h5-14H,3-4,15H2,1-2H3,(H,26,28)/b14-11+. The van der Waals surface area contributed by atoms with Crippen molar-refractivity contribution in [2.45, 2.75) is 20.0 Å². The summed E-state index contributed by atoms with van der Waals surface area (Å²) in [5.41, 5.74) is -0.516. The number of nitrogens with one attached hydrogen (secondary N) is 1. The molecule has 0 radical (unpaired) electrons. The zero-order valence-electron chi connectivity index (χ0n) is 16.7. The van der Waals surface area contributed by atoms with Crippen LogP contribution in [-0.4, -0.2) is 36.4 Å². The van der Waals surface area contributed by atoms with Gasteiger partial charge in [-0.15, -0.1) is 0 Å². The van der Waals surface area contributed by atoms with Crippen molar-refractivity contribution in [2.75, 3.05) is 25.0 Å². The van der Waals surface area contributed by atoms with Gasteiger partial charge in [0.2, 0.25) is 11.8 Å². The number of likely N-dealkylation sites (N-methyl/N-ethyl adjacent to an activating group) is 1. The summed E-state index contributed by atoms with van der Waals surface area (Å²) < 4.78 is 44.5. The lowest BCUT2D eigenvalue weighted by Gasteiger charge is -2.19. The molecule has 0 saturated heterocycles. The second-order valence-corrected chi connectivity index (χ2v) is 6.28. The molecule has 0 aliphatic rings. The molecule has 0 heterocycles. The SMILES string of the molecule is CCOc1ccc(/C=C/C(=O)N(CC)CC(=O)Nc2ccccc2C(F)(F)F)cc1. The first-order chi connectivity index (χ1) is 14.2. The van der Waals surface area contributed by atoms with Crippen molar-refractivity contribution in [2.24, 2.45) is 0 Å². The van der Waals surface area contributed by atoms with Gasteiger partial charge in [-0.3, -0.25) is 9.59 Å². The van der Waals surface area contributed by atoms with Crippen LogP contribution in [0.3, 0.4) is 0 Å². The number of carbonyl (C=O) groups is 2. The van der Waals surface area contributed by atoms with Gasteiger partial charge in [-0.1, -0.05) is 24.3 Å². The van der Waals surface area contributed by atoms with Crippen molar-refractivity contribution < 1.29 is 27.5 Å². The fourth-order valence-corrected chi connectivity index (χ4v) is 2.66. The van der Waals surface area contributed by atoms with Crippen LogP contribution in [0.25, 0.3) is 6.08 Å². The molecule has 5 nitrogen and oxygen atoms in total. The summed E-state index contributed by atoms with van der Waals surface area (Å²) in [5, 5.41) is 2.24. The van der Waals surface area contributed by atoms with Gasteiger partial charge < -0.3 is 15.0 Å². The minimum absolute atomic E-state index is 0.223. The highest BCUT2D eigenvalue weighted by Gasteiger charge is 2.33. The van der Waals surface area contributed by atoms with Gasteiger partial charge in [-0.05, 0) is 49.8 Å². The molecule has 8 heteroatoms. The number of rotatable bonds is 8. The van der Waals surface area contributed by atoms with Crippen LogP contribution in [0.2, 0.25) is 0 Å². The van der Waals surface area contributed by atoms with E-state index >= 15 is 0 Å². The van der Waals surface area contributed by atoms with Crippen LogP contribution in [0.15, 0.2) is 54.6 Å². The normalized spacial score (nSPS) is 11.4. The Kier molecular flexibility index (Phi) is 8.03. The zero-order valence-corrected chi connectivity index (χ0v) is 16.7. The summed E-state index contributed by atoms with van der Waals surface area (Å²) in [5.74, 6) is -0.422. The van der Waals surface area contributed by atoms with E-state index in [0.717, 1.165) is 11.6 Å². The van der Waals surface area contributed by atoms with Gasteiger partial charge in [0.15, 0.2) is 0 Å². The van der Waals surface area contributed by atoms with Crippen molar-refractivity contribution in [1.29, 1.82) is 0 Å². The zero-order chi connectivity index (χ0) is 22.1. The summed E-state index contributed by atoms with van der Waals surface area (Å²) in [7, 11) is 0. The molecule has 0 atom stereocenters. The molecule has 30 heavy (non-hydrogen) atoms. The van der Waals surface area contributed by atoms with Crippen molar-refractivity contribution in [3.8, 4) is 5.75 Å². The first kappa shape index (κ1) is 23.0. The van der Waals surface area contributed by atoms with Gasteiger partial charge in [0, 0.05) is 12.6 Å². The van der Waals surface area contributed by atoms with Crippen LogP contribution in [-0.2, 0) is 15.8 Å². The van der Waals surface area contributed by atoms with Crippen molar-refractivity contribution >= 4 is 23.6 Å². The molecule has 0 saturated carbocycles. The average molecular weight is 420 g/mol. The van der Waals surface area contributed by atoms with E-state index in [-0.39, 0.29) is 18.8 Å². The van der Waals surface area contributed by atoms with Crippen LogP contribution in [0.5, 0.6) is 5.75 Å². The quantitative estimate of drug-likeness (QED) is 0.635. The van der Waals surface area contributed by atoms with E-state index in [2.05, 4.69) is 5.32 Å². The summed E-state index contributed by atoms with van der Waals surface area (Å²) in [4.78, 5) is 25.8. The van der Waals surface area contributed by atoms with E-state index in [1.165, 1.54) is 29.2 Å². The van der Waals surface area contributed by atoms with Crippen LogP contribution < -0.4 is 10.1 Å². The first-order valence-electron chi connectivity index (χ1n) is 9.40. The van der Waals surface area contributed by atoms with Crippen LogP contribution in [0.4, 0.5) is 18.9 Å². The van der Waals surface area contributed by atoms with E-state index in [0.29, 0.717) is 12.4 Å². The number of benzene rings is 2. The smallest absolute Gasteiger partial charge is 0.418 e. The summed E-state index contributed by atoms with van der Waals surface area (Å²) in [6.45, 7) is 3.97. The Morgan fingerprint density at radius 1 is 1.07 bits per heavy atom. The number of carbonyl (C=O) groups excluding carboxylic acids is 2. The number of anilines is 1. The highest BCUT2D eigenvalue weighted by molar-refractivity contribution is 5.98. The fourth-order valence-electron chi connectivity index (χ4n) is 2.66. The lowest BCUT2D eigenvalue weighted by atomic mass is 10.1. The van der Waals surface area contributed by atoms with Crippen LogP contribution in [0.1, 0.15) is 25.0 Å². The van der Waals surface area contributed by atoms with Crippen LogP contribution >= 0.6 is 0 Å². The molecule has 2 aromatic carbocycles. The van der Waals surface area contributed by atoms with Gasteiger partial charge in [0.1, 0.15) is 12.3 Å². The highest BCUT2D eigenvalue weighted by Crippen LogP contribution is 2.34. The maximum atomic E-state index is 13.1. The molecule has 160 valence electrons. The topological polar surface area (TPSA) is 58.6 Å². The number of nitrogens with zero attached hydrogens (tertiary/aromatic N) is 1. The number of hydrogen-bond donors (Lipinski definition) is 1. The third kappa shape index (κ3) is 6.65. The molecule has 0 bridgehead atoms. The van der Waals surface area contributed by atoms with E-state index in [1.807, 2.05) is 6.92 Å². The largest absolute Gasteiger partial charge is 0.494 e. The molecule has 1 N–H and O–H groups in total. The molecule has 0 fully saturated rings. The molecular weight excluding hydrogens is 397 g/mol. The predicted octanol–water partition coefficient (Wildman–Crippen LogP) is 4.60. The molecule has 2 rings (SSSR count). The Labute approximate surface area is 173 Å². The number of amides is 2. The first-order valence-corrected chi connectivity index (χ1v) is 9.40. The molecule has 0 aliphatic heterocycles. The molecule has 0 aliphatic carbocycles. The monoisotopic (exact) mass is 420 g/mol. The minimum Gasteiger partial charge on any atom is -0.494 e. The number of halogens is 3.